The SMILES string of the molecule is Cn1c(=O)cc(C(=O)N2CC[C@H](Oc3ccccc3)C2)c2ccccc21. The summed E-state index contributed by atoms with van der Waals surface area (Å²) < 4.78 is 7.53. The molecule has 0 N–H and O–H groups in total. The molecule has 0 bridgehead atoms. The van der Waals surface area contributed by atoms with E-state index in [0.29, 0.717) is 18.7 Å². The van der Waals surface area contributed by atoms with E-state index in [1.165, 1.54) is 6.07 Å². The number of pyridine rings is 1. The Balaban J connectivity index is 1.58. The molecule has 1 aliphatic heterocycles. The Labute approximate surface area is 151 Å². The molecule has 0 aliphatic carbocycles. The van der Waals surface area contributed by atoms with E-state index in [1.54, 1.807) is 16.5 Å². The maximum Gasteiger partial charge on any atom is 0.254 e. The van der Waals surface area contributed by atoms with Gasteiger partial charge in [0.2, 0.25) is 0 Å². The molecule has 26 heavy (non-hydrogen) atoms. The van der Waals surface area contributed by atoms with Crippen molar-refractivity contribution in [2.24, 2.45) is 7.05 Å². The summed E-state index contributed by atoms with van der Waals surface area (Å²) in [4.78, 5) is 27.1. The minimum absolute atomic E-state index is 0.0286. The van der Waals surface area contributed by atoms with E-state index < -0.39 is 0 Å². The average Bonchev–Trinajstić information content (AvgIpc) is 3.13. The van der Waals surface area contributed by atoms with Gasteiger partial charge in [0.1, 0.15) is 11.9 Å². The molecule has 4 rings (SSSR count). The van der Waals surface area contributed by atoms with Gasteiger partial charge in [-0.25, -0.2) is 0 Å². The van der Waals surface area contributed by atoms with Crippen LogP contribution in [0.2, 0.25) is 0 Å². The second-order valence-corrected chi connectivity index (χ2v) is 6.57. The zero-order chi connectivity index (χ0) is 18.1. The number of aromatic nitrogens is 1. The lowest BCUT2D eigenvalue weighted by Crippen LogP contribution is -2.32. The zero-order valence-corrected chi connectivity index (χ0v) is 14.6. The van der Waals surface area contributed by atoms with Crippen LogP contribution in [-0.2, 0) is 7.05 Å². The highest BCUT2D eigenvalue weighted by Gasteiger charge is 2.29. The molecule has 0 radical (unpaired) electrons. The van der Waals surface area contributed by atoms with Crippen LogP contribution >= 0.6 is 0 Å². The molecule has 0 spiro atoms. The third-order valence-electron chi connectivity index (χ3n) is 4.86. The van der Waals surface area contributed by atoms with Crippen molar-refractivity contribution >= 4 is 16.8 Å². The van der Waals surface area contributed by atoms with Crippen LogP contribution in [0.4, 0.5) is 0 Å². The molecule has 1 aliphatic rings. The largest absolute Gasteiger partial charge is 0.489 e. The summed E-state index contributed by atoms with van der Waals surface area (Å²) in [5, 5.41) is 0.798. The van der Waals surface area contributed by atoms with Gasteiger partial charge in [-0.1, -0.05) is 36.4 Å². The van der Waals surface area contributed by atoms with Gasteiger partial charge in [0.15, 0.2) is 0 Å². The van der Waals surface area contributed by atoms with E-state index in [9.17, 15) is 9.59 Å². The quantitative estimate of drug-likeness (QED) is 0.731. The summed E-state index contributed by atoms with van der Waals surface area (Å²) in [5.41, 5.74) is 1.05. The van der Waals surface area contributed by atoms with Crippen molar-refractivity contribution in [3.8, 4) is 5.75 Å². The van der Waals surface area contributed by atoms with Crippen LogP contribution < -0.4 is 10.3 Å². The number of aryl methyl sites for hydroxylation is 1. The van der Waals surface area contributed by atoms with E-state index in [-0.39, 0.29) is 17.6 Å². The number of benzene rings is 2. The molecule has 0 saturated carbocycles. The Hall–Kier alpha value is -3.08. The van der Waals surface area contributed by atoms with Gasteiger partial charge >= 0.3 is 0 Å². The molecule has 1 fully saturated rings. The number of nitrogens with zero attached hydrogens (tertiary/aromatic N) is 2. The molecular weight excluding hydrogens is 328 g/mol. The Kier molecular flexibility index (Phi) is 4.21. The first kappa shape index (κ1) is 16.4. The number of fused-ring (bicyclic) bond motifs is 1. The molecule has 5 heteroatoms. The van der Waals surface area contributed by atoms with E-state index in [0.717, 1.165) is 23.1 Å². The van der Waals surface area contributed by atoms with Crippen molar-refractivity contribution in [2.75, 3.05) is 13.1 Å². The van der Waals surface area contributed by atoms with Gasteiger partial charge in [0.25, 0.3) is 11.5 Å². The fourth-order valence-corrected chi connectivity index (χ4v) is 3.46. The van der Waals surface area contributed by atoms with Gasteiger partial charge in [-0.3, -0.25) is 9.59 Å². The first-order chi connectivity index (χ1) is 12.6. The fourth-order valence-electron chi connectivity index (χ4n) is 3.46. The number of likely N-dealkylation sites (tertiary alicyclic amines) is 1. The smallest absolute Gasteiger partial charge is 0.254 e. The summed E-state index contributed by atoms with van der Waals surface area (Å²) in [6.07, 6.45) is 0.753. The lowest BCUT2D eigenvalue weighted by molar-refractivity contribution is 0.0774. The molecule has 5 nitrogen and oxygen atoms in total. The Morgan fingerprint density at radius 2 is 1.81 bits per heavy atom. The van der Waals surface area contributed by atoms with Crippen molar-refractivity contribution in [3.05, 3.63) is 76.6 Å². The van der Waals surface area contributed by atoms with Gasteiger partial charge in [-0.05, 0) is 18.2 Å². The van der Waals surface area contributed by atoms with E-state index in [1.807, 2.05) is 54.6 Å². The lowest BCUT2D eigenvalue weighted by atomic mass is 10.1. The molecule has 0 unspecified atom stereocenters. The summed E-state index contributed by atoms with van der Waals surface area (Å²) in [7, 11) is 1.72. The highest BCUT2D eigenvalue weighted by atomic mass is 16.5. The molecule has 1 aromatic heterocycles. The van der Waals surface area contributed by atoms with Crippen molar-refractivity contribution in [2.45, 2.75) is 12.5 Å². The summed E-state index contributed by atoms with van der Waals surface area (Å²) in [6, 6.07) is 18.6. The predicted octanol–water partition coefficient (Wildman–Crippen LogP) is 2.83. The van der Waals surface area contributed by atoms with Gasteiger partial charge in [0, 0.05) is 31.5 Å². The third kappa shape index (κ3) is 2.96. The number of carbonyl (C=O) groups is 1. The maximum atomic E-state index is 13.0. The third-order valence-corrected chi connectivity index (χ3v) is 4.86. The van der Waals surface area contributed by atoms with Crippen LogP contribution in [-0.4, -0.2) is 34.6 Å². The predicted molar refractivity (Wildman–Crippen MR) is 101 cm³/mol. The van der Waals surface area contributed by atoms with Crippen molar-refractivity contribution < 1.29 is 9.53 Å². The number of para-hydroxylation sites is 2. The van der Waals surface area contributed by atoms with E-state index in [4.69, 9.17) is 4.74 Å². The molecule has 132 valence electrons. The molecule has 2 heterocycles. The number of rotatable bonds is 3. The molecule has 1 saturated heterocycles. The molecule has 2 aromatic carbocycles. The molecule has 1 atom stereocenters. The summed E-state index contributed by atoms with van der Waals surface area (Å²) in [6.45, 7) is 1.15. The lowest BCUT2D eigenvalue weighted by Gasteiger charge is -2.19. The van der Waals surface area contributed by atoms with Crippen LogP contribution in [0, 0.1) is 0 Å². The number of hydrogen-bond acceptors (Lipinski definition) is 3. The van der Waals surface area contributed by atoms with Gasteiger partial charge in [-0.2, -0.15) is 0 Å². The minimum Gasteiger partial charge on any atom is -0.489 e. The normalized spacial score (nSPS) is 16.8. The number of carbonyl (C=O) groups excluding carboxylic acids is 1. The van der Waals surface area contributed by atoms with Crippen LogP contribution in [0.1, 0.15) is 16.8 Å². The molecule has 1 amide bonds. The topological polar surface area (TPSA) is 51.5 Å². The first-order valence-corrected chi connectivity index (χ1v) is 8.73. The molecular formula is C21H20N2O3. The van der Waals surface area contributed by atoms with Gasteiger partial charge in [-0.15, -0.1) is 0 Å². The van der Waals surface area contributed by atoms with Crippen molar-refractivity contribution in [1.82, 2.24) is 9.47 Å². The number of hydrogen-bond donors (Lipinski definition) is 0. The van der Waals surface area contributed by atoms with Gasteiger partial charge < -0.3 is 14.2 Å². The second-order valence-electron chi connectivity index (χ2n) is 6.57. The minimum atomic E-state index is -0.177. The molecule has 3 aromatic rings. The average molecular weight is 348 g/mol. The first-order valence-electron chi connectivity index (χ1n) is 8.73. The fraction of sp³-hybridized carbons (Fsp3) is 0.238. The second kappa shape index (κ2) is 6.67. The highest BCUT2D eigenvalue weighted by molar-refractivity contribution is 6.06. The van der Waals surface area contributed by atoms with Crippen LogP contribution in [0.15, 0.2) is 65.5 Å². The van der Waals surface area contributed by atoms with Crippen LogP contribution in [0.25, 0.3) is 10.9 Å². The Morgan fingerprint density at radius 3 is 2.62 bits per heavy atom. The van der Waals surface area contributed by atoms with Crippen molar-refractivity contribution in [1.29, 1.82) is 0 Å². The number of amides is 1. The van der Waals surface area contributed by atoms with E-state index in [2.05, 4.69) is 0 Å². The highest BCUT2D eigenvalue weighted by Crippen LogP contribution is 2.22. The standard InChI is InChI=1S/C21H20N2O3/c1-22-19-10-6-5-9-17(19)18(13-20(22)24)21(25)23-12-11-16(14-23)26-15-7-3-2-4-8-15/h2-10,13,16H,11-12,14H2,1H3/t16-/m0/s1. The zero-order valence-electron chi connectivity index (χ0n) is 14.6. The Morgan fingerprint density at radius 1 is 1.08 bits per heavy atom. The summed E-state index contributed by atoms with van der Waals surface area (Å²) in [5.74, 6) is 0.698. The number of ether oxygens (including phenoxy) is 1. The van der Waals surface area contributed by atoms with Crippen molar-refractivity contribution in [3.63, 3.8) is 0 Å². The monoisotopic (exact) mass is 348 g/mol. The maximum absolute atomic E-state index is 13.0. The van der Waals surface area contributed by atoms with Crippen LogP contribution in [0.5, 0.6) is 5.75 Å². The summed E-state index contributed by atoms with van der Waals surface area (Å²) >= 11 is 0. The van der Waals surface area contributed by atoms with E-state index >= 15 is 0 Å². The van der Waals surface area contributed by atoms with Gasteiger partial charge in [0.05, 0.1) is 17.6 Å². The Bertz CT molecular complexity index is 1010. The van der Waals surface area contributed by atoms with Crippen LogP contribution in [0.3, 0.4) is 0 Å².